The fraction of sp³-hybridized carbons (Fsp3) is 0.333. The second kappa shape index (κ2) is 5.07. The van der Waals surface area contributed by atoms with Gasteiger partial charge in [0, 0.05) is 17.5 Å². The van der Waals surface area contributed by atoms with Crippen molar-refractivity contribution in [2.45, 2.75) is 26.4 Å². The fourth-order valence-corrected chi connectivity index (χ4v) is 2.37. The van der Waals surface area contributed by atoms with Crippen molar-refractivity contribution in [2.75, 3.05) is 7.11 Å². The molecule has 0 radical (unpaired) electrons. The first-order valence-electron chi connectivity index (χ1n) is 5.83. The molecule has 90 valence electrons. The lowest BCUT2D eigenvalue weighted by atomic mass is 9.95. The van der Waals surface area contributed by atoms with E-state index in [0.717, 1.165) is 10.4 Å². The highest BCUT2D eigenvalue weighted by Gasteiger charge is 2.08. The average Bonchev–Trinajstić information content (AvgIpc) is 2.29. The van der Waals surface area contributed by atoms with E-state index in [2.05, 4.69) is 38.1 Å². The molecule has 0 unspecified atom stereocenters. The first-order chi connectivity index (χ1) is 8.13. The zero-order valence-corrected chi connectivity index (χ0v) is 11.2. The molecule has 2 aromatic rings. The molecule has 0 aliphatic carbocycles. The van der Waals surface area contributed by atoms with Crippen molar-refractivity contribution < 1.29 is 4.74 Å². The van der Waals surface area contributed by atoms with Crippen LogP contribution in [0.4, 0.5) is 0 Å². The zero-order chi connectivity index (χ0) is 12.4. The van der Waals surface area contributed by atoms with Crippen LogP contribution in [-0.2, 0) is 11.3 Å². The number of fused-ring (bicyclic) bond motifs is 1. The van der Waals surface area contributed by atoms with Gasteiger partial charge >= 0.3 is 0 Å². The van der Waals surface area contributed by atoms with Crippen LogP contribution in [0.1, 0.15) is 30.9 Å². The summed E-state index contributed by atoms with van der Waals surface area (Å²) in [6.45, 7) is 5.04. The molecule has 0 N–H and O–H groups in total. The van der Waals surface area contributed by atoms with E-state index in [-0.39, 0.29) is 0 Å². The van der Waals surface area contributed by atoms with Gasteiger partial charge in [-0.25, -0.2) is 0 Å². The van der Waals surface area contributed by atoms with Crippen molar-refractivity contribution in [3.8, 4) is 0 Å². The van der Waals surface area contributed by atoms with Crippen molar-refractivity contribution in [3.63, 3.8) is 0 Å². The Morgan fingerprint density at radius 2 is 1.88 bits per heavy atom. The van der Waals surface area contributed by atoms with E-state index < -0.39 is 0 Å². The summed E-state index contributed by atoms with van der Waals surface area (Å²) < 4.78 is 5.17. The third-order valence-electron chi connectivity index (χ3n) is 2.99. The molecule has 17 heavy (non-hydrogen) atoms. The fourth-order valence-electron chi connectivity index (χ4n) is 2.14. The SMILES string of the molecule is COCc1ccc2c(Cl)ccc(C(C)C)c2c1. The minimum absolute atomic E-state index is 0.493. The standard InChI is InChI=1S/C15H17ClO/c1-10(2)12-6-7-15(16)13-5-4-11(9-17-3)8-14(12)13/h4-8,10H,9H2,1-3H3. The van der Waals surface area contributed by atoms with Crippen LogP contribution in [0.25, 0.3) is 10.8 Å². The normalized spacial score (nSPS) is 11.4. The van der Waals surface area contributed by atoms with Crippen molar-refractivity contribution in [2.24, 2.45) is 0 Å². The quantitative estimate of drug-likeness (QED) is 0.761. The van der Waals surface area contributed by atoms with Gasteiger partial charge in [-0.2, -0.15) is 0 Å². The van der Waals surface area contributed by atoms with E-state index in [1.54, 1.807) is 7.11 Å². The molecule has 2 rings (SSSR count). The molecule has 0 atom stereocenters. The summed E-state index contributed by atoms with van der Waals surface area (Å²) in [5.74, 6) is 0.493. The van der Waals surface area contributed by atoms with Crippen LogP contribution in [0.3, 0.4) is 0 Å². The number of halogens is 1. The Morgan fingerprint density at radius 1 is 1.12 bits per heavy atom. The van der Waals surface area contributed by atoms with Gasteiger partial charge < -0.3 is 4.74 Å². The van der Waals surface area contributed by atoms with Crippen molar-refractivity contribution in [1.29, 1.82) is 0 Å². The Balaban J connectivity index is 2.67. The lowest BCUT2D eigenvalue weighted by Gasteiger charge is -2.12. The number of benzene rings is 2. The van der Waals surface area contributed by atoms with Gasteiger partial charge in [0.05, 0.1) is 6.61 Å². The van der Waals surface area contributed by atoms with Gasteiger partial charge in [0.2, 0.25) is 0 Å². The van der Waals surface area contributed by atoms with Crippen LogP contribution < -0.4 is 0 Å². The summed E-state index contributed by atoms with van der Waals surface area (Å²) in [5, 5.41) is 3.17. The molecule has 2 heteroatoms. The van der Waals surface area contributed by atoms with E-state index in [0.29, 0.717) is 12.5 Å². The Hall–Kier alpha value is -1.05. The maximum absolute atomic E-state index is 6.23. The van der Waals surface area contributed by atoms with Gasteiger partial charge in [0.1, 0.15) is 0 Å². The largest absolute Gasteiger partial charge is 0.380 e. The van der Waals surface area contributed by atoms with Gasteiger partial charge in [0.25, 0.3) is 0 Å². The topological polar surface area (TPSA) is 9.23 Å². The first-order valence-corrected chi connectivity index (χ1v) is 6.21. The molecule has 2 aromatic carbocycles. The monoisotopic (exact) mass is 248 g/mol. The molecular weight excluding hydrogens is 232 g/mol. The summed E-state index contributed by atoms with van der Waals surface area (Å²) in [7, 11) is 1.71. The van der Waals surface area contributed by atoms with Gasteiger partial charge in [0.15, 0.2) is 0 Å². The van der Waals surface area contributed by atoms with Crippen LogP contribution >= 0.6 is 11.6 Å². The highest BCUT2D eigenvalue weighted by atomic mass is 35.5. The van der Waals surface area contributed by atoms with Crippen LogP contribution in [-0.4, -0.2) is 7.11 Å². The maximum Gasteiger partial charge on any atom is 0.0713 e. The van der Waals surface area contributed by atoms with Crippen LogP contribution in [0.5, 0.6) is 0 Å². The predicted octanol–water partition coefficient (Wildman–Crippen LogP) is 4.76. The smallest absolute Gasteiger partial charge is 0.0713 e. The van der Waals surface area contributed by atoms with Gasteiger partial charge in [-0.15, -0.1) is 0 Å². The van der Waals surface area contributed by atoms with Gasteiger partial charge in [-0.05, 0) is 34.6 Å². The Labute approximate surface area is 107 Å². The number of rotatable bonds is 3. The molecule has 0 spiro atoms. The maximum atomic E-state index is 6.23. The summed E-state index contributed by atoms with van der Waals surface area (Å²) in [5.41, 5.74) is 2.52. The van der Waals surface area contributed by atoms with Crippen molar-refractivity contribution >= 4 is 22.4 Å². The molecule has 0 aliphatic rings. The zero-order valence-electron chi connectivity index (χ0n) is 10.5. The molecule has 0 fully saturated rings. The highest BCUT2D eigenvalue weighted by Crippen LogP contribution is 2.31. The van der Waals surface area contributed by atoms with Crippen LogP contribution in [0, 0.1) is 0 Å². The Morgan fingerprint density at radius 3 is 2.53 bits per heavy atom. The molecule has 0 heterocycles. The van der Waals surface area contributed by atoms with E-state index in [1.807, 2.05) is 6.07 Å². The van der Waals surface area contributed by atoms with Gasteiger partial charge in [-0.3, -0.25) is 0 Å². The van der Waals surface area contributed by atoms with E-state index >= 15 is 0 Å². The van der Waals surface area contributed by atoms with Gasteiger partial charge in [-0.1, -0.05) is 43.6 Å². The average molecular weight is 249 g/mol. The summed E-state index contributed by atoms with van der Waals surface area (Å²) in [6.07, 6.45) is 0. The number of ether oxygens (including phenoxy) is 1. The Kier molecular flexibility index (Phi) is 3.70. The second-order valence-corrected chi connectivity index (χ2v) is 5.01. The molecule has 0 aliphatic heterocycles. The molecular formula is C15H17ClO. The minimum atomic E-state index is 0.493. The molecule has 1 nitrogen and oxygen atoms in total. The highest BCUT2D eigenvalue weighted by molar-refractivity contribution is 6.35. The number of hydrogen-bond donors (Lipinski definition) is 0. The molecule has 0 saturated carbocycles. The number of methoxy groups -OCH3 is 1. The third-order valence-corrected chi connectivity index (χ3v) is 3.32. The Bertz CT molecular complexity index is 532. The van der Waals surface area contributed by atoms with Crippen LogP contribution in [0.2, 0.25) is 5.02 Å². The van der Waals surface area contributed by atoms with E-state index in [4.69, 9.17) is 16.3 Å². The third kappa shape index (κ3) is 2.46. The minimum Gasteiger partial charge on any atom is -0.380 e. The van der Waals surface area contributed by atoms with Crippen molar-refractivity contribution in [1.82, 2.24) is 0 Å². The molecule has 0 saturated heterocycles. The summed E-state index contributed by atoms with van der Waals surface area (Å²) in [4.78, 5) is 0. The number of hydrogen-bond acceptors (Lipinski definition) is 1. The van der Waals surface area contributed by atoms with E-state index in [9.17, 15) is 0 Å². The lowest BCUT2D eigenvalue weighted by Crippen LogP contribution is -1.93. The van der Waals surface area contributed by atoms with E-state index in [1.165, 1.54) is 16.5 Å². The van der Waals surface area contributed by atoms with Crippen LogP contribution in [0.15, 0.2) is 30.3 Å². The summed E-state index contributed by atoms with van der Waals surface area (Å²) >= 11 is 6.23. The second-order valence-electron chi connectivity index (χ2n) is 4.60. The predicted molar refractivity (Wildman–Crippen MR) is 73.8 cm³/mol. The summed E-state index contributed by atoms with van der Waals surface area (Å²) in [6, 6.07) is 10.4. The molecule has 0 bridgehead atoms. The lowest BCUT2D eigenvalue weighted by molar-refractivity contribution is 0.185. The molecule has 0 amide bonds. The first kappa shape index (κ1) is 12.4. The molecule has 0 aromatic heterocycles. The van der Waals surface area contributed by atoms with Crippen molar-refractivity contribution in [3.05, 3.63) is 46.5 Å².